The highest BCUT2D eigenvalue weighted by Gasteiger charge is 2.96. The van der Waals surface area contributed by atoms with Crippen LogP contribution in [0.2, 0.25) is 0 Å². The average Bonchev–Trinajstić information content (AvgIpc) is 2.71. The third kappa shape index (κ3) is 4.71. The Bertz CT molecular complexity index is 1110. The summed E-state index contributed by atoms with van der Waals surface area (Å²) in [6.45, 7) is 5.61. The zero-order valence-corrected chi connectivity index (χ0v) is 21.4. The van der Waals surface area contributed by atoms with Crippen molar-refractivity contribution >= 4 is 5.78 Å². The Hall–Kier alpha value is -2.08. The van der Waals surface area contributed by atoms with Crippen molar-refractivity contribution in [3.63, 3.8) is 0 Å². The van der Waals surface area contributed by atoms with E-state index in [4.69, 9.17) is 0 Å². The van der Waals surface area contributed by atoms with Crippen LogP contribution >= 0.6 is 0 Å². The zero-order valence-electron chi connectivity index (χ0n) is 21.4. The number of halogens is 17. The maximum Gasteiger partial charge on any atom is 0.460 e. The Labute approximate surface area is 220 Å². The molecule has 0 spiro atoms. The molecule has 1 N–H and O–H groups in total. The van der Waals surface area contributed by atoms with E-state index in [2.05, 4.69) is 0 Å². The topological polar surface area (TPSA) is 37.3 Å². The monoisotopic (exact) mass is 640 g/mol. The molecule has 0 fully saturated rings. The maximum atomic E-state index is 15.3. The number of alkyl halides is 17. The molecule has 1 unspecified atom stereocenters. The summed E-state index contributed by atoms with van der Waals surface area (Å²) in [6, 6.07) is 0. The molecule has 0 amide bonds. The van der Waals surface area contributed by atoms with Gasteiger partial charge in [0.25, 0.3) is 0 Å². The van der Waals surface area contributed by atoms with Crippen molar-refractivity contribution in [2.24, 2.45) is 10.8 Å². The second kappa shape index (κ2) is 9.21. The van der Waals surface area contributed by atoms with Crippen LogP contribution in [0.3, 0.4) is 0 Å². The molecule has 19 heteroatoms. The molecular weight excluding hydrogens is 619 g/mol. The van der Waals surface area contributed by atoms with Gasteiger partial charge < -0.3 is 5.11 Å². The molecule has 0 bridgehead atoms. The molecule has 1 aliphatic carbocycles. The molecule has 0 heterocycles. The van der Waals surface area contributed by atoms with Gasteiger partial charge in [0.15, 0.2) is 11.4 Å². The van der Waals surface area contributed by atoms with Crippen molar-refractivity contribution in [2.45, 2.75) is 94.8 Å². The normalized spacial score (nSPS) is 21.6. The van der Waals surface area contributed by atoms with Crippen LogP contribution in [0.15, 0.2) is 23.3 Å². The van der Waals surface area contributed by atoms with Gasteiger partial charge in [-0.05, 0) is 28.6 Å². The van der Waals surface area contributed by atoms with Crippen molar-refractivity contribution in [2.75, 3.05) is 0 Å². The fraction of sp³-hybridized carbons (Fsp3) is 0.773. The standard InChI is InChI=1S/C22H21F17O2/c1-12(2,3)10-9(40)7-8-14(41,11(10)13(4,5)6)15(23,24)16(25,26)17(27,28)18(29,30)19(31,32)20(33,34)21(35,36)22(37,38)39/h7-8,41H,1-6H3. The number of hydrogen-bond acceptors (Lipinski definition) is 2. The van der Waals surface area contributed by atoms with Crippen molar-refractivity contribution in [1.29, 1.82) is 0 Å². The predicted octanol–water partition coefficient (Wildman–Crippen LogP) is 8.25. The number of hydrogen-bond donors (Lipinski definition) is 1. The van der Waals surface area contributed by atoms with E-state index in [0.29, 0.717) is 0 Å². The third-order valence-electron chi connectivity index (χ3n) is 6.05. The Morgan fingerprint density at radius 3 is 1.15 bits per heavy atom. The number of carbonyl (C=O) groups is 1. The molecule has 0 aromatic rings. The summed E-state index contributed by atoms with van der Waals surface area (Å²) in [4.78, 5) is 12.4. The first-order chi connectivity index (χ1) is 17.4. The van der Waals surface area contributed by atoms with Crippen LogP contribution in [0.1, 0.15) is 41.5 Å². The van der Waals surface area contributed by atoms with Crippen molar-refractivity contribution in [1.82, 2.24) is 0 Å². The summed E-state index contributed by atoms with van der Waals surface area (Å²) < 4.78 is 235. The first-order valence-electron chi connectivity index (χ1n) is 10.8. The first kappa shape index (κ1) is 36.9. The summed E-state index contributed by atoms with van der Waals surface area (Å²) in [5.74, 6) is -59.7. The molecule has 1 aliphatic rings. The van der Waals surface area contributed by atoms with Gasteiger partial charge in [-0.15, -0.1) is 0 Å². The highest BCUT2D eigenvalue weighted by Crippen LogP contribution is 2.66. The summed E-state index contributed by atoms with van der Waals surface area (Å²) >= 11 is 0. The molecule has 41 heavy (non-hydrogen) atoms. The Morgan fingerprint density at radius 1 is 0.537 bits per heavy atom. The molecular formula is C22H21F17O2. The lowest BCUT2D eigenvalue weighted by Gasteiger charge is -2.49. The molecule has 240 valence electrons. The van der Waals surface area contributed by atoms with Crippen LogP contribution in [0, 0.1) is 10.8 Å². The van der Waals surface area contributed by atoms with E-state index in [1.54, 1.807) is 0 Å². The fourth-order valence-corrected chi connectivity index (χ4v) is 4.03. The molecule has 0 aromatic carbocycles. The lowest BCUT2D eigenvalue weighted by molar-refractivity contribution is -0.465. The van der Waals surface area contributed by atoms with Gasteiger partial charge in [0.2, 0.25) is 0 Å². The van der Waals surface area contributed by atoms with Crippen LogP contribution < -0.4 is 0 Å². The van der Waals surface area contributed by atoms with E-state index >= 15 is 8.78 Å². The van der Waals surface area contributed by atoms with Gasteiger partial charge >= 0.3 is 47.6 Å². The lowest BCUT2D eigenvalue weighted by Crippen LogP contribution is -2.76. The van der Waals surface area contributed by atoms with Crippen LogP contribution in [0.4, 0.5) is 74.6 Å². The highest BCUT2D eigenvalue weighted by molar-refractivity contribution is 6.07. The van der Waals surface area contributed by atoms with Crippen molar-refractivity contribution in [3.05, 3.63) is 23.3 Å². The number of aliphatic hydroxyl groups is 1. The molecule has 1 atom stereocenters. The van der Waals surface area contributed by atoms with Gasteiger partial charge in [-0.1, -0.05) is 41.5 Å². The third-order valence-corrected chi connectivity index (χ3v) is 6.05. The van der Waals surface area contributed by atoms with Crippen LogP contribution in [0.25, 0.3) is 0 Å². The van der Waals surface area contributed by atoms with E-state index in [0.717, 1.165) is 41.5 Å². The van der Waals surface area contributed by atoms with Crippen molar-refractivity contribution < 1.29 is 84.5 Å². The van der Waals surface area contributed by atoms with Crippen LogP contribution in [0.5, 0.6) is 0 Å². The smallest absolute Gasteiger partial charge is 0.375 e. The van der Waals surface area contributed by atoms with E-state index in [1.807, 2.05) is 0 Å². The zero-order chi connectivity index (χ0) is 33.6. The van der Waals surface area contributed by atoms with Gasteiger partial charge in [-0.2, -0.15) is 74.6 Å². The van der Waals surface area contributed by atoms with E-state index in [1.165, 1.54) is 0 Å². The first-order valence-corrected chi connectivity index (χ1v) is 10.8. The SMILES string of the molecule is CC(C)(C)C1=C(C(C)(C)C)C(O)(C(F)(F)C(F)(F)C(F)(F)C(F)(F)C(F)(F)C(F)(F)C(F)(F)C(F)(F)F)C=CC1=O. The number of ketones is 1. The average molecular weight is 640 g/mol. The van der Waals surface area contributed by atoms with Gasteiger partial charge in [0.1, 0.15) is 0 Å². The fourth-order valence-electron chi connectivity index (χ4n) is 4.03. The van der Waals surface area contributed by atoms with Crippen molar-refractivity contribution in [3.8, 4) is 0 Å². The van der Waals surface area contributed by atoms with Gasteiger partial charge in [0, 0.05) is 5.57 Å². The molecule has 0 saturated carbocycles. The van der Waals surface area contributed by atoms with E-state index in [9.17, 15) is 75.8 Å². The Balaban J connectivity index is 4.11. The van der Waals surface area contributed by atoms with Gasteiger partial charge in [-0.25, -0.2) is 0 Å². The highest BCUT2D eigenvalue weighted by atomic mass is 19.4. The molecule has 0 aliphatic heterocycles. The molecule has 0 aromatic heterocycles. The van der Waals surface area contributed by atoms with E-state index < -0.39 is 87.1 Å². The Kier molecular flexibility index (Phi) is 8.30. The summed E-state index contributed by atoms with van der Waals surface area (Å²) in [5.41, 5.74) is -11.3. The Morgan fingerprint density at radius 2 is 0.854 bits per heavy atom. The number of rotatable bonds is 7. The second-order valence-electron chi connectivity index (χ2n) is 11.2. The van der Waals surface area contributed by atoms with Gasteiger partial charge in [-0.3, -0.25) is 4.79 Å². The number of carbonyl (C=O) groups excluding carboxylic acids is 1. The molecule has 1 rings (SSSR count). The lowest BCUT2D eigenvalue weighted by atomic mass is 9.62. The van der Waals surface area contributed by atoms with Crippen LogP contribution in [-0.2, 0) is 4.79 Å². The molecule has 2 nitrogen and oxygen atoms in total. The quantitative estimate of drug-likeness (QED) is 0.285. The minimum absolute atomic E-state index is 0.0945. The second-order valence-corrected chi connectivity index (χ2v) is 11.2. The predicted molar refractivity (Wildman–Crippen MR) is 106 cm³/mol. The number of allylic oxidation sites excluding steroid dienone is 2. The minimum atomic E-state index is -8.79. The van der Waals surface area contributed by atoms with Gasteiger partial charge in [0.05, 0.1) is 0 Å². The molecule has 0 radical (unpaired) electrons. The summed E-state index contributed by atoms with van der Waals surface area (Å²) in [6.07, 6.45) is -8.54. The summed E-state index contributed by atoms with van der Waals surface area (Å²) in [5, 5.41) is 10.7. The minimum Gasteiger partial charge on any atom is -0.375 e. The summed E-state index contributed by atoms with van der Waals surface area (Å²) in [7, 11) is 0. The van der Waals surface area contributed by atoms with Crippen LogP contribution in [-0.4, -0.2) is 64.1 Å². The maximum absolute atomic E-state index is 15.3. The van der Waals surface area contributed by atoms with E-state index in [-0.39, 0.29) is 6.08 Å². The molecule has 0 saturated heterocycles. The largest absolute Gasteiger partial charge is 0.460 e.